The average Bonchev–Trinajstić information content (AvgIpc) is 2.79. The Balaban J connectivity index is 2.31. The number of hydrogen-bond acceptors (Lipinski definition) is 3. The van der Waals surface area contributed by atoms with Crippen molar-refractivity contribution in [2.75, 3.05) is 0 Å². The molecule has 17 heavy (non-hydrogen) atoms. The Bertz CT molecular complexity index is 633. The number of nitrogens with zero attached hydrogens (tertiary/aromatic N) is 1. The number of H-pyrrole nitrogens is 1. The minimum Gasteiger partial charge on any atom is -0.295 e. The van der Waals surface area contributed by atoms with Gasteiger partial charge in [-0.15, -0.1) is 0 Å². The Kier molecular flexibility index (Phi) is 3.44. The van der Waals surface area contributed by atoms with Crippen LogP contribution in [0.3, 0.4) is 0 Å². The van der Waals surface area contributed by atoms with Gasteiger partial charge in [0.15, 0.2) is 5.15 Å². The zero-order valence-corrected chi connectivity index (χ0v) is 10.1. The molecule has 0 aliphatic rings. The molecular formula is C10H8ClFN2O2S. The molecule has 0 spiro atoms. The molecule has 0 saturated carbocycles. The second-order valence-electron chi connectivity index (χ2n) is 3.40. The molecule has 4 nitrogen and oxygen atoms in total. The van der Waals surface area contributed by atoms with Crippen LogP contribution >= 0.6 is 22.9 Å². The van der Waals surface area contributed by atoms with Crippen molar-refractivity contribution in [1.82, 2.24) is 9.55 Å². The van der Waals surface area contributed by atoms with Gasteiger partial charge in [-0.1, -0.05) is 11.6 Å². The van der Waals surface area contributed by atoms with Gasteiger partial charge < -0.3 is 0 Å². The third kappa shape index (κ3) is 2.48. The summed E-state index contributed by atoms with van der Waals surface area (Å²) in [5, 5.41) is 3.25. The van der Waals surface area contributed by atoms with Crippen LogP contribution in [0.25, 0.3) is 0 Å². The first-order valence-electron chi connectivity index (χ1n) is 4.79. The van der Waals surface area contributed by atoms with E-state index < -0.39 is 22.2 Å². The van der Waals surface area contributed by atoms with E-state index in [0.29, 0.717) is 6.42 Å². The molecule has 2 aromatic rings. The van der Waals surface area contributed by atoms with E-state index in [1.54, 1.807) is 0 Å². The van der Waals surface area contributed by atoms with Crippen LogP contribution in [0, 0.1) is 5.82 Å². The molecule has 2 heterocycles. The highest BCUT2D eigenvalue weighted by Crippen LogP contribution is 2.07. The van der Waals surface area contributed by atoms with E-state index in [1.165, 1.54) is 11.3 Å². The second-order valence-corrected chi connectivity index (χ2v) is 4.55. The number of aryl methyl sites for hydroxylation is 1. The van der Waals surface area contributed by atoms with Crippen molar-refractivity contribution in [3.8, 4) is 0 Å². The van der Waals surface area contributed by atoms with Crippen molar-refractivity contribution in [2.24, 2.45) is 0 Å². The van der Waals surface area contributed by atoms with E-state index >= 15 is 0 Å². The second kappa shape index (κ2) is 4.85. The van der Waals surface area contributed by atoms with Gasteiger partial charge in [-0.3, -0.25) is 14.3 Å². The van der Waals surface area contributed by atoms with Gasteiger partial charge in [0, 0.05) is 6.54 Å². The molecule has 0 aromatic carbocycles. The predicted molar refractivity (Wildman–Crippen MR) is 64.3 cm³/mol. The van der Waals surface area contributed by atoms with Crippen molar-refractivity contribution < 1.29 is 4.39 Å². The monoisotopic (exact) mass is 274 g/mol. The van der Waals surface area contributed by atoms with Gasteiger partial charge in [0.2, 0.25) is 5.82 Å². The summed E-state index contributed by atoms with van der Waals surface area (Å²) in [5.41, 5.74) is -0.692. The zero-order chi connectivity index (χ0) is 12.4. The molecule has 0 saturated heterocycles. The maximum atomic E-state index is 13.2. The average molecular weight is 275 g/mol. The number of hydrogen-bond donors (Lipinski definition) is 1. The first kappa shape index (κ1) is 12.1. The van der Waals surface area contributed by atoms with Crippen molar-refractivity contribution in [3.05, 3.63) is 54.2 Å². The highest BCUT2D eigenvalue weighted by atomic mass is 35.5. The van der Waals surface area contributed by atoms with Gasteiger partial charge in [0.05, 0.1) is 0 Å². The summed E-state index contributed by atoms with van der Waals surface area (Å²) >= 11 is 6.87. The van der Waals surface area contributed by atoms with Crippen molar-refractivity contribution in [3.63, 3.8) is 0 Å². The van der Waals surface area contributed by atoms with Gasteiger partial charge in [-0.2, -0.15) is 15.7 Å². The quantitative estimate of drug-likeness (QED) is 0.865. The maximum absolute atomic E-state index is 13.2. The van der Waals surface area contributed by atoms with Crippen LogP contribution in [0.4, 0.5) is 4.39 Å². The molecular weight excluding hydrogens is 267 g/mol. The van der Waals surface area contributed by atoms with Gasteiger partial charge in [-0.25, -0.2) is 4.79 Å². The number of thiophene rings is 1. The van der Waals surface area contributed by atoms with E-state index in [0.717, 1.165) is 10.1 Å². The molecule has 0 aliphatic heterocycles. The Morgan fingerprint density at radius 2 is 2.24 bits per heavy atom. The number of aromatic nitrogens is 2. The van der Waals surface area contributed by atoms with Gasteiger partial charge in [0.1, 0.15) is 0 Å². The van der Waals surface area contributed by atoms with E-state index in [-0.39, 0.29) is 6.54 Å². The highest BCUT2D eigenvalue weighted by molar-refractivity contribution is 7.07. The molecule has 0 radical (unpaired) electrons. The smallest absolute Gasteiger partial charge is 0.295 e. The van der Waals surface area contributed by atoms with Crippen LogP contribution in [0.2, 0.25) is 5.15 Å². The van der Waals surface area contributed by atoms with Gasteiger partial charge in [0.25, 0.3) is 5.56 Å². The lowest BCUT2D eigenvalue weighted by Crippen LogP contribution is -2.37. The standard InChI is InChI=1S/C10H8ClFN2O2S/c11-8-7(12)9(15)14(10(16)13-8)3-1-6-2-4-17-5-6/h2,4-5H,1,3H2,(H,13,16). The summed E-state index contributed by atoms with van der Waals surface area (Å²) in [6.45, 7) is 0.124. The number of rotatable bonds is 3. The van der Waals surface area contributed by atoms with Crippen LogP contribution < -0.4 is 11.2 Å². The SMILES string of the molecule is O=c1[nH]c(Cl)c(F)c(=O)n1CCc1ccsc1. The number of halogens is 2. The Hall–Kier alpha value is -1.40. The molecule has 2 rings (SSSR count). The van der Waals surface area contributed by atoms with Crippen LogP contribution in [0.5, 0.6) is 0 Å². The van der Waals surface area contributed by atoms with Gasteiger partial charge in [-0.05, 0) is 28.8 Å². The Labute approximate surface area is 104 Å². The van der Waals surface area contributed by atoms with Crippen LogP contribution in [-0.2, 0) is 13.0 Å². The van der Waals surface area contributed by atoms with Gasteiger partial charge >= 0.3 is 5.69 Å². The van der Waals surface area contributed by atoms with Crippen molar-refractivity contribution >= 4 is 22.9 Å². The van der Waals surface area contributed by atoms with E-state index in [2.05, 4.69) is 4.98 Å². The summed E-state index contributed by atoms with van der Waals surface area (Å²) < 4.78 is 14.0. The fraction of sp³-hybridized carbons (Fsp3) is 0.200. The lowest BCUT2D eigenvalue weighted by molar-refractivity contribution is 0.539. The molecule has 0 unspecified atom stereocenters. The van der Waals surface area contributed by atoms with E-state index in [4.69, 9.17) is 11.6 Å². The van der Waals surface area contributed by atoms with Crippen molar-refractivity contribution in [1.29, 1.82) is 0 Å². The molecule has 0 fully saturated rings. The highest BCUT2D eigenvalue weighted by Gasteiger charge is 2.11. The lowest BCUT2D eigenvalue weighted by Gasteiger charge is -2.04. The summed E-state index contributed by atoms with van der Waals surface area (Å²) in [6.07, 6.45) is 0.494. The van der Waals surface area contributed by atoms with Crippen LogP contribution in [-0.4, -0.2) is 9.55 Å². The minimum absolute atomic E-state index is 0.124. The lowest BCUT2D eigenvalue weighted by atomic mass is 10.2. The van der Waals surface area contributed by atoms with Crippen molar-refractivity contribution in [2.45, 2.75) is 13.0 Å². The molecule has 0 atom stereocenters. The molecule has 90 valence electrons. The van der Waals surface area contributed by atoms with E-state index in [9.17, 15) is 14.0 Å². The summed E-state index contributed by atoms with van der Waals surface area (Å²) in [5.74, 6) is -1.13. The first-order chi connectivity index (χ1) is 8.09. The Morgan fingerprint density at radius 3 is 2.88 bits per heavy atom. The molecule has 1 N–H and O–H groups in total. The predicted octanol–water partition coefficient (Wildman–Crippen LogP) is 1.63. The number of nitrogens with one attached hydrogen (secondary N) is 1. The van der Waals surface area contributed by atoms with Crippen LogP contribution in [0.1, 0.15) is 5.56 Å². The topological polar surface area (TPSA) is 54.9 Å². The third-order valence-electron chi connectivity index (χ3n) is 2.29. The largest absolute Gasteiger partial charge is 0.329 e. The fourth-order valence-corrected chi connectivity index (χ4v) is 2.26. The normalized spacial score (nSPS) is 10.7. The Morgan fingerprint density at radius 1 is 1.47 bits per heavy atom. The first-order valence-corrected chi connectivity index (χ1v) is 6.11. The third-order valence-corrected chi connectivity index (χ3v) is 3.28. The maximum Gasteiger partial charge on any atom is 0.329 e. The molecule has 0 amide bonds. The molecule has 0 aliphatic carbocycles. The zero-order valence-electron chi connectivity index (χ0n) is 8.57. The molecule has 2 aromatic heterocycles. The fourth-order valence-electron chi connectivity index (χ4n) is 1.40. The summed E-state index contributed by atoms with van der Waals surface area (Å²) in [6, 6.07) is 1.89. The molecule has 7 heteroatoms. The number of aromatic amines is 1. The van der Waals surface area contributed by atoms with Crippen LogP contribution in [0.15, 0.2) is 26.4 Å². The molecule has 0 bridgehead atoms. The summed E-state index contributed by atoms with van der Waals surface area (Å²) in [4.78, 5) is 25.0. The van der Waals surface area contributed by atoms with E-state index in [1.807, 2.05) is 16.8 Å². The summed E-state index contributed by atoms with van der Waals surface area (Å²) in [7, 11) is 0. The minimum atomic E-state index is -1.13.